The molecule has 1 unspecified atom stereocenters. The van der Waals surface area contributed by atoms with Gasteiger partial charge in [0, 0.05) is 11.6 Å². The average Bonchev–Trinajstić information content (AvgIpc) is 2.60. The predicted octanol–water partition coefficient (Wildman–Crippen LogP) is 2.45. The third kappa shape index (κ3) is 2.72. The fourth-order valence-electron chi connectivity index (χ4n) is 1.55. The van der Waals surface area contributed by atoms with Gasteiger partial charge in [0.15, 0.2) is 0 Å². The predicted molar refractivity (Wildman–Crippen MR) is 57.6 cm³/mol. The van der Waals surface area contributed by atoms with Gasteiger partial charge < -0.3 is 4.42 Å². The van der Waals surface area contributed by atoms with Crippen molar-refractivity contribution in [1.29, 1.82) is 0 Å². The molecule has 0 aliphatic rings. The van der Waals surface area contributed by atoms with Gasteiger partial charge in [0.05, 0.1) is 6.26 Å². The highest BCUT2D eigenvalue weighted by atomic mass is 16.3. The maximum atomic E-state index is 5.50. The molecule has 78 valence electrons. The molecule has 0 fully saturated rings. The lowest BCUT2D eigenvalue weighted by molar-refractivity contribution is 0.476. The molecule has 14 heavy (non-hydrogen) atoms. The standard InChI is InChI=1S/C11H18N2O/c1-3-4-5-6-11(13-12)10-7-8-14-9(10)2/h3,7-8,11,13H,1,4-6,12H2,2H3. The number of unbranched alkanes of at least 4 members (excludes halogenated alkanes) is 1. The summed E-state index contributed by atoms with van der Waals surface area (Å²) in [5.74, 6) is 6.43. The lowest BCUT2D eigenvalue weighted by Crippen LogP contribution is -2.28. The highest BCUT2D eigenvalue weighted by Gasteiger charge is 2.13. The first-order valence-electron chi connectivity index (χ1n) is 4.90. The summed E-state index contributed by atoms with van der Waals surface area (Å²) in [5, 5.41) is 0. The molecule has 1 aromatic heterocycles. The summed E-state index contributed by atoms with van der Waals surface area (Å²) in [5.41, 5.74) is 3.96. The number of nitrogens with one attached hydrogen (secondary N) is 1. The van der Waals surface area contributed by atoms with E-state index in [0.717, 1.165) is 30.6 Å². The molecule has 3 nitrogen and oxygen atoms in total. The monoisotopic (exact) mass is 194 g/mol. The molecule has 1 heterocycles. The van der Waals surface area contributed by atoms with Crippen LogP contribution in [0.5, 0.6) is 0 Å². The first-order valence-corrected chi connectivity index (χ1v) is 4.90. The summed E-state index contributed by atoms with van der Waals surface area (Å²) >= 11 is 0. The van der Waals surface area contributed by atoms with Gasteiger partial charge in [0.25, 0.3) is 0 Å². The van der Waals surface area contributed by atoms with Crippen LogP contribution in [-0.4, -0.2) is 0 Å². The van der Waals surface area contributed by atoms with Crippen molar-refractivity contribution in [3.63, 3.8) is 0 Å². The van der Waals surface area contributed by atoms with Crippen LogP contribution in [0.25, 0.3) is 0 Å². The number of hydrogen-bond donors (Lipinski definition) is 2. The van der Waals surface area contributed by atoms with Gasteiger partial charge in [0.2, 0.25) is 0 Å². The van der Waals surface area contributed by atoms with Crippen LogP contribution in [0.2, 0.25) is 0 Å². The van der Waals surface area contributed by atoms with E-state index >= 15 is 0 Å². The molecule has 0 aliphatic heterocycles. The molecule has 1 aromatic rings. The lowest BCUT2D eigenvalue weighted by atomic mass is 10.0. The van der Waals surface area contributed by atoms with E-state index in [4.69, 9.17) is 10.3 Å². The van der Waals surface area contributed by atoms with Crippen molar-refractivity contribution < 1.29 is 4.42 Å². The maximum absolute atomic E-state index is 5.50. The Hall–Kier alpha value is -1.06. The Morgan fingerprint density at radius 1 is 1.71 bits per heavy atom. The van der Waals surface area contributed by atoms with E-state index in [0.29, 0.717) is 0 Å². The summed E-state index contributed by atoms with van der Waals surface area (Å²) in [4.78, 5) is 0. The highest BCUT2D eigenvalue weighted by Crippen LogP contribution is 2.22. The van der Waals surface area contributed by atoms with Crippen LogP contribution in [0.4, 0.5) is 0 Å². The van der Waals surface area contributed by atoms with E-state index < -0.39 is 0 Å². The summed E-state index contributed by atoms with van der Waals surface area (Å²) < 4.78 is 5.24. The van der Waals surface area contributed by atoms with E-state index in [-0.39, 0.29) is 6.04 Å². The minimum Gasteiger partial charge on any atom is -0.469 e. The normalized spacial score (nSPS) is 12.7. The number of furan rings is 1. The summed E-state index contributed by atoms with van der Waals surface area (Å²) in [7, 11) is 0. The Kier molecular flexibility index (Phi) is 4.43. The molecule has 1 rings (SSSR count). The largest absolute Gasteiger partial charge is 0.469 e. The Labute approximate surface area is 85.0 Å². The molecule has 0 radical (unpaired) electrons. The van der Waals surface area contributed by atoms with Crippen molar-refractivity contribution in [3.8, 4) is 0 Å². The second-order valence-electron chi connectivity index (χ2n) is 3.37. The van der Waals surface area contributed by atoms with E-state index in [1.54, 1.807) is 6.26 Å². The number of hydrogen-bond acceptors (Lipinski definition) is 3. The van der Waals surface area contributed by atoms with Crippen LogP contribution in [0.1, 0.15) is 36.6 Å². The third-order valence-corrected chi connectivity index (χ3v) is 2.38. The molecule has 0 aliphatic carbocycles. The molecule has 3 heteroatoms. The van der Waals surface area contributed by atoms with E-state index in [1.165, 1.54) is 0 Å². The van der Waals surface area contributed by atoms with Crippen LogP contribution in [0.15, 0.2) is 29.4 Å². The fraction of sp³-hybridized carbons (Fsp3) is 0.455. The van der Waals surface area contributed by atoms with Crippen LogP contribution >= 0.6 is 0 Å². The van der Waals surface area contributed by atoms with Crippen molar-refractivity contribution >= 4 is 0 Å². The second kappa shape index (κ2) is 5.62. The number of hydrazine groups is 1. The quantitative estimate of drug-likeness (QED) is 0.316. The topological polar surface area (TPSA) is 51.2 Å². The zero-order chi connectivity index (χ0) is 10.4. The molecule has 0 saturated carbocycles. The van der Waals surface area contributed by atoms with Crippen molar-refractivity contribution in [2.75, 3.05) is 0 Å². The molecule has 0 aromatic carbocycles. The zero-order valence-corrected chi connectivity index (χ0v) is 8.62. The molecule has 0 bridgehead atoms. The fourth-order valence-corrected chi connectivity index (χ4v) is 1.55. The summed E-state index contributed by atoms with van der Waals surface area (Å²) in [6.07, 6.45) is 6.74. The molecule has 0 amide bonds. The Morgan fingerprint density at radius 3 is 3.00 bits per heavy atom. The Balaban J connectivity index is 2.54. The maximum Gasteiger partial charge on any atom is 0.105 e. The van der Waals surface area contributed by atoms with Gasteiger partial charge in [-0.1, -0.05) is 6.08 Å². The van der Waals surface area contributed by atoms with Crippen molar-refractivity contribution in [1.82, 2.24) is 5.43 Å². The molecule has 0 saturated heterocycles. The summed E-state index contributed by atoms with van der Waals surface area (Å²) in [6.45, 7) is 5.65. The van der Waals surface area contributed by atoms with Gasteiger partial charge in [-0.2, -0.15) is 0 Å². The first-order chi connectivity index (χ1) is 6.79. The Bertz CT molecular complexity index is 281. The van der Waals surface area contributed by atoms with Gasteiger partial charge in [-0.15, -0.1) is 6.58 Å². The van der Waals surface area contributed by atoms with Gasteiger partial charge in [-0.3, -0.25) is 11.3 Å². The van der Waals surface area contributed by atoms with Crippen LogP contribution in [-0.2, 0) is 0 Å². The van der Waals surface area contributed by atoms with Crippen molar-refractivity contribution in [2.24, 2.45) is 5.84 Å². The van der Waals surface area contributed by atoms with E-state index in [1.807, 2.05) is 19.1 Å². The van der Waals surface area contributed by atoms with Crippen LogP contribution < -0.4 is 11.3 Å². The number of allylic oxidation sites excluding steroid dienone is 1. The SMILES string of the molecule is C=CCCCC(NN)c1ccoc1C. The second-order valence-corrected chi connectivity index (χ2v) is 3.37. The number of rotatable bonds is 6. The Morgan fingerprint density at radius 2 is 2.50 bits per heavy atom. The van der Waals surface area contributed by atoms with Gasteiger partial charge >= 0.3 is 0 Å². The van der Waals surface area contributed by atoms with Gasteiger partial charge in [-0.05, 0) is 32.3 Å². The highest BCUT2D eigenvalue weighted by molar-refractivity contribution is 5.19. The smallest absolute Gasteiger partial charge is 0.105 e. The van der Waals surface area contributed by atoms with E-state index in [9.17, 15) is 0 Å². The van der Waals surface area contributed by atoms with Gasteiger partial charge in [-0.25, -0.2) is 0 Å². The average molecular weight is 194 g/mol. The third-order valence-electron chi connectivity index (χ3n) is 2.38. The number of aryl methyl sites for hydroxylation is 1. The van der Waals surface area contributed by atoms with Gasteiger partial charge in [0.1, 0.15) is 5.76 Å². The van der Waals surface area contributed by atoms with Crippen molar-refractivity contribution in [2.45, 2.75) is 32.2 Å². The van der Waals surface area contributed by atoms with Crippen molar-refractivity contribution in [3.05, 3.63) is 36.3 Å². The zero-order valence-electron chi connectivity index (χ0n) is 8.62. The molecule has 3 N–H and O–H groups in total. The first kappa shape index (κ1) is 11.0. The molecular formula is C11H18N2O. The minimum atomic E-state index is 0.189. The molecule has 0 spiro atoms. The van der Waals surface area contributed by atoms with Crippen LogP contribution in [0.3, 0.4) is 0 Å². The molecular weight excluding hydrogens is 176 g/mol. The minimum absolute atomic E-state index is 0.189. The molecule has 1 atom stereocenters. The number of nitrogens with two attached hydrogens (primary N) is 1. The summed E-state index contributed by atoms with van der Waals surface area (Å²) in [6, 6.07) is 2.15. The lowest BCUT2D eigenvalue weighted by Gasteiger charge is -2.14. The van der Waals surface area contributed by atoms with Crippen LogP contribution in [0, 0.1) is 6.92 Å². The van der Waals surface area contributed by atoms with E-state index in [2.05, 4.69) is 12.0 Å².